The number of nitro groups is 1. The summed E-state index contributed by atoms with van der Waals surface area (Å²) in [5.74, 6) is 0. The van der Waals surface area contributed by atoms with Crippen molar-refractivity contribution in [3.05, 3.63) is 100.0 Å². The van der Waals surface area contributed by atoms with E-state index in [1.54, 1.807) is 18.3 Å². The van der Waals surface area contributed by atoms with Gasteiger partial charge in [0.15, 0.2) is 0 Å². The zero-order chi connectivity index (χ0) is 18.8. The second kappa shape index (κ2) is 6.92. The highest BCUT2D eigenvalue weighted by molar-refractivity contribution is 5.86. The summed E-state index contributed by atoms with van der Waals surface area (Å²) in [6, 6.07) is 18.4. The summed E-state index contributed by atoms with van der Waals surface area (Å²) >= 11 is 0. The molecular formula is C21H18N4O2. The highest BCUT2D eigenvalue weighted by atomic mass is 16.6. The van der Waals surface area contributed by atoms with Crippen LogP contribution in [0.25, 0.3) is 10.9 Å². The lowest BCUT2D eigenvalue weighted by atomic mass is 9.97. The van der Waals surface area contributed by atoms with E-state index in [4.69, 9.17) is 0 Å². The molecule has 0 aliphatic rings. The predicted molar refractivity (Wildman–Crippen MR) is 106 cm³/mol. The van der Waals surface area contributed by atoms with Crippen molar-refractivity contribution in [3.8, 4) is 0 Å². The molecule has 0 aliphatic heterocycles. The summed E-state index contributed by atoms with van der Waals surface area (Å²) in [6.45, 7) is 2.04. The van der Waals surface area contributed by atoms with Crippen molar-refractivity contribution < 1.29 is 4.92 Å². The first-order valence-corrected chi connectivity index (χ1v) is 8.61. The number of anilines is 1. The van der Waals surface area contributed by atoms with Gasteiger partial charge < -0.3 is 10.3 Å². The summed E-state index contributed by atoms with van der Waals surface area (Å²) < 4.78 is 0. The molecule has 0 amide bonds. The average Bonchev–Trinajstić information content (AvgIpc) is 3.02. The molecule has 0 saturated heterocycles. The van der Waals surface area contributed by atoms with Crippen molar-refractivity contribution in [1.82, 2.24) is 9.97 Å². The number of non-ortho nitro benzene ring substituents is 1. The van der Waals surface area contributed by atoms with Crippen LogP contribution < -0.4 is 5.32 Å². The van der Waals surface area contributed by atoms with Crippen molar-refractivity contribution in [2.45, 2.75) is 13.0 Å². The van der Waals surface area contributed by atoms with Crippen LogP contribution in [0.2, 0.25) is 0 Å². The van der Waals surface area contributed by atoms with E-state index in [-0.39, 0.29) is 16.7 Å². The Morgan fingerprint density at radius 2 is 1.96 bits per heavy atom. The van der Waals surface area contributed by atoms with Gasteiger partial charge in [0.05, 0.1) is 11.0 Å². The third-order valence-corrected chi connectivity index (χ3v) is 4.62. The number of benzene rings is 2. The molecule has 6 heteroatoms. The molecule has 0 bridgehead atoms. The number of para-hydroxylation sites is 1. The number of fused-ring (bicyclic) bond motifs is 1. The molecule has 6 nitrogen and oxygen atoms in total. The molecule has 4 rings (SSSR count). The van der Waals surface area contributed by atoms with Crippen LogP contribution in [0.15, 0.2) is 73.1 Å². The number of nitro benzene ring substituents is 1. The topological polar surface area (TPSA) is 83.8 Å². The van der Waals surface area contributed by atoms with Gasteiger partial charge in [0.1, 0.15) is 0 Å². The zero-order valence-electron chi connectivity index (χ0n) is 14.7. The number of nitrogens with one attached hydrogen (secondary N) is 2. The first kappa shape index (κ1) is 16.8. The van der Waals surface area contributed by atoms with E-state index in [1.807, 2.05) is 49.5 Å². The van der Waals surface area contributed by atoms with Gasteiger partial charge in [-0.2, -0.15) is 0 Å². The highest BCUT2D eigenvalue weighted by Gasteiger charge is 2.21. The SMILES string of the molecule is Cc1[nH]c2ccccc2c1[C@@H](Nc1cccc([N+](=O)[O-])c1)c1cccnc1. The van der Waals surface area contributed by atoms with Gasteiger partial charge in [-0.05, 0) is 30.7 Å². The van der Waals surface area contributed by atoms with E-state index in [1.165, 1.54) is 6.07 Å². The van der Waals surface area contributed by atoms with E-state index in [9.17, 15) is 10.1 Å². The summed E-state index contributed by atoms with van der Waals surface area (Å²) in [5.41, 5.74) is 4.92. The van der Waals surface area contributed by atoms with Gasteiger partial charge >= 0.3 is 0 Å². The first-order valence-electron chi connectivity index (χ1n) is 8.61. The largest absolute Gasteiger partial charge is 0.374 e. The van der Waals surface area contributed by atoms with E-state index in [0.29, 0.717) is 5.69 Å². The van der Waals surface area contributed by atoms with Crippen molar-refractivity contribution >= 4 is 22.3 Å². The highest BCUT2D eigenvalue weighted by Crippen LogP contribution is 2.34. The Hall–Kier alpha value is -3.67. The van der Waals surface area contributed by atoms with Crippen LogP contribution in [0.4, 0.5) is 11.4 Å². The van der Waals surface area contributed by atoms with E-state index >= 15 is 0 Å². The number of nitrogens with zero attached hydrogens (tertiary/aromatic N) is 2. The van der Waals surface area contributed by atoms with E-state index < -0.39 is 0 Å². The van der Waals surface area contributed by atoms with Crippen LogP contribution in [-0.4, -0.2) is 14.9 Å². The van der Waals surface area contributed by atoms with Gasteiger partial charge in [-0.15, -0.1) is 0 Å². The summed E-state index contributed by atoms with van der Waals surface area (Å²) in [7, 11) is 0. The normalized spacial score (nSPS) is 12.0. The maximum Gasteiger partial charge on any atom is 0.271 e. The van der Waals surface area contributed by atoms with Crippen LogP contribution in [0.1, 0.15) is 22.9 Å². The molecule has 27 heavy (non-hydrogen) atoms. The van der Waals surface area contributed by atoms with Crippen LogP contribution >= 0.6 is 0 Å². The van der Waals surface area contributed by atoms with Crippen molar-refractivity contribution in [3.63, 3.8) is 0 Å². The monoisotopic (exact) mass is 358 g/mol. The molecular weight excluding hydrogens is 340 g/mol. The minimum absolute atomic E-state index is 0.0561. The van der Waals surface area contributed by atoms with Gasteiger partial charge in [-0.1, -0.05) is 30.3 Å². The average molecular weight is 358 g/mol. The Morgan fingerprint density at radius 1 is 1.11 bits per heavy atom. The van der Waals surface area contributed by atoms with Gasteiger partial charge in [0.25, 0.3) is 5.69 Å². The maximum absolute atomic E-state index is 11.1. The first-order chi connectivity index (χ1) is 13.1. The lowest BCUT2D eigenvalue weighted by Gasteiger charge is -2.21. The van der Waals surface area contributed by atoms with Crippen LogP contribution in [0, 0.1) is 17.0 Å². The molecule has 0 radical (unpaired) electrons. The molecule has 0 spiro atoms. The predicted octanol–water partition coefficient (Wildman–Crippen LogP) is 4.98. The fourth-order valence-electron chi connectivity index (χ4n) is 3.42. The number of aryl methyl sites for hydroxylation is 1. The third-order valence-electron chi connectivity index (χ3n) is 4.62. The number of hydrogen-bond acceptors (Lipinski definition) is 4. The minimum atomic E-state index is -0.388. The summed E-state index contributed by atoms with van der Waals surface area (Å²) in [6.07, 6.45) is 3.55. The standard InChI is InChI=1S/C21H18N4O2/c1-14-20(18-9-2-3-10-19(18)23-14)21(15-6-5-11-22-13-15)24-16-7-4-8-17(12-16)25(26)27/h2-13,21,23-24H,1H3/t21-/m0/s1. The molecule has 1 atom stereocenters. The second-order valence-electron chi connectivity index (χ2n) is 6.38. The molecule has 0 aliphatic carbocycles. The molecule has 2 aromatic heterocycles. The second-order valence-corrected chi connectivity index (χ2v) is 6.38. The van der Waals surface area contributed by atoms with Crippen LogP contribution in [0.5, 0.6) is 0 Å². The number of hydrogen-bond donors (Lipinski definition) is 2. The van der Waals surface area contributed by atoms with Crippen molar-refractivity contribution in [2.24, 2.45) is 0 Å². The van der Waals surface area contributed by atoms with Gasteiger partial charge in [0, 0.05) is 52.4 Å². The van der Waals surface area contributed by atoms with E-state index in [2.05, 4.69) is 21.4 Å². The van der Waals surface area contributed by atoms with Gasteiger partial charge in [-0.25, -0.2) is 0 Å². The summed E-state index contributed by atoms with van der Waals surface area (Å²) in [5, 5.41) is 15.7. The molecule has 2 N–H and O–H groups in total. The van der Waals surface area contributed by atoms with E-state index in [0.717, 1.165) is 27.7 Å². The Morgan fingerprint density at radius 3 is 2.74 bits per heavy atom. The number of pyridine rings is 1. The van der Waals surface area contributed by atoms with Gasteiger partial charge in [0.2, 0.25) is 0 Å². The third kappa shape index (κ3) is 3.25. The molecule has 0 saturated carbocycles. The fourth-order valence-corrected chi connectivity index (χ4v) is 3.42. The van der Waals surface area contributed by atoms with Crippen molar-refractivity contribution in [2.75, 3.05) is 5.32 Å². The smallest absolute Gasteiger partial charge is 0.271 e. The molecule has 0 fully saturated rings. The Bertz CT molecular complexity index is 1110. The number of H-pyrrole nitrogens is 1. The van der Waals surface area contributed by atoms with Gasteiger partial charge in [-0.3, -0.25) is 15.1 Å². The maximum atomic E-state index is 11.1. The molecule has 4 aromatic rings. The van der Waals surface area contributed by atoms with Crippen LogP contribution in [0.3, 0.4) is 0 Å². The zero-order valence-corrected chi connectivity index (χ0v) is 14.7. The summed E-state index contributed by atoms with van der Waals surface area (Å²) in [4.78, 5) is 18.4. The lowest BCUT2D eigenvalue weighted by Crippen LogP contribution is -2.13. The minimum Gasteiger partial charge on any atom is -0.374 e. The molecule has 134 valence electrons. The number of aromatic nitrogens is 2. The number of rotatable bonds is 5. The van der Waals surface area contributed by atoms with Crippen LogP contribution in [-0.2, 0) is 0 Å². The molecule has 0 unspecified atom stereocenters. The lowest BCUT2D eigenvalue weighted by molar-refractivity contribution is -0.384. The molecule has 2 heterocycles. The van der Waals surface area contributed by atoms with Crippen molar-refractivity contribution in [1.29, 1.82) is 0 Å². The Kier molecular flexibility index (Phi) is 4.30. The quantitative estimate of drug-likeness (QED) is 0.389. The fraction of sp³-hybridized carbons (Fsp3) is 0.0952. The number of aromatic amines is 1. The Labute approximate surface area is 156 Å². The molecule has 2 aromatic carbocycles. The Balaban J connectivity index is 1.84.